The average molecular weight is 395 g/mol. The van der Waals surface area contributed by atoms with E-state index in [1.165, 1.54) is 16.0 Å². The molecule has 0 bridgehead atoms. The first-order chi connectivity index (χ1) is 13.2. The number of hydrogen-bond donors (Lipinski definition) is 1. The molecule has 5 heteroatoms. The van der Waals surface area contributed by atoms with Crippen LogP contribution in [0.2, 0.25) is 0 Å². The van der Waals surface area contributed by atoms with Crippen molar-refractivity contribution in [1.82, 2.24) is 10.3 Å². The number of thiazole rings is 1. The number of nitrogens with zero attached hydrogens (tertiary/aromatic N) is 1. The molecule has 4 rings (SSSR count). The first-order valence-electron chi connectivity index (χ1n) is 9.27. The summed E-state index contributed by atoms with van der Waals surface area (Å²) in [4.78, 5) is 18.5. The van der Waals surface area contributed by atoms with Crippen LogP contribution in [0.5, 0.6) is 0 Å². The van der Waals surface area contributed by atoms with E-state index in [0.29, 0.717) is 6.42 Å². The van der Waals surface area contributed by atoms with Gasteiger partial charge >= 0.3 is 0 Å². The number of rotatable bonds is 5. The second kappa shape index (κ2) is 8.28. The van der Waals surface area contributed by atoms with Gasteiger partial charge in [0.05, 0.1) is 18.2 Å². The maximum atomic E-state index is 12.6. The van der Waals surface area contributed by atoms with Crippen LogP contribution in [0.4, 0.5) is 0 Å². The Balaban J connectivity index is 1.41. The van der Waals surface area contributed by atoms with Gasteiger partial charge in [0.25, 0.3) is 0 Å². The highest BCUT2D eigenvalue weighted by Gasteiger charge is 2.22. The SMILES string of the molecule is CCc1ccc(-c2nc(CC(=O)NC3CCSc4ccccc43)cs2)cc1. The molecule has 0 aliphatic carbocycles. The summed E-state index contributed by atoms with van der Waals surface area (Å²) in [6.07, 6.45) is 2.33. The number of aryl methyl sites for hydroxylation is 1. The van der Waals surface area contributed by atoms with Gasteiger partial charge < -0.3 is 5.32 Å². The maximum Gasteiger partial charge on any atom is 0.226 e. The zero-order chi connectivity index (χ0) is 18.6. The van der Waals surface area contributed by atoms with Crippen molar-refractivity contribution in [3.63, 3.8) is 0 Å². The summed E-state index contributed by atoms with van der Waals surface area (Å²) in [6.45, 7) is 2.15. The third-order valence-corrected chi connectivity index (χ3v) is 6.86. The third-order valence-electron chi connectivity index (χ3n) is 4.80. The molecule has 1 unspecified atom stereocenters. The summed E-state index contributed by atoms with van der Waals surface area (Å²) >= 11 is 3.46. The van der Waals surface area contributed by atoms with E-state index in [1.54, 1.807) is 11.3 Å². The van der Waals surface area contributed by atoms with Crippen molar-refractivity contribution in [1.29, 1.82) is 0 Å². The standard InChI is InChI=1S/C22H22N2OS2/c1-2-15-7-9-16(10-8-15)22-23-17(14-27-22)13-21(25)24-19-11-12-26-20-6-4-3-5-18(19)20/h3-10,14,19H,2,11-13H2,1H3,(H,24,25). The van der Waals surface area contributed by atoms with Gasteiger partial charge in [-0.1, -0.05) is 49.4 Å². The number of carbonyl (C=O) groups excluding carboxylic acids is 1. The zero-order valence-electron chi connectivity index (χ0n) is 15.3. The molecule has 2 aromatic carbocycles. The Morgan fingerprint density at radius 2 is 2.00 bits per heavy atom. The zero-order valence-corrected chi connectivity index (χ0v) is 16.9. The van der Waals surface area contributed by atoms with E-state index >= 15 is 0 Å². The molecular weight excluding hydrogens is 372 g/mol. The minimum Gasteiger partial charge on any atom is -0.349 e. The quantitative estimate of drug-likeness (QED) is 0.641. The van der Waals surface area contributed by atoms with Crippen molar-refractivity contribution < 1.29 is 4.79 Å². The summed E-state index contributed by atoms with van der Waals surface area (Å²) in [5.41, 5.74) is 4.51. The molecule has 1 N–H and O–H groups in total. The highest BCUT2D eigenvalue weighted by molar-refractivity contribution is 7.99. The van der Waals surface area contributed by atoms with Crippen molar-refractivity contribution in [3.8, 4) is 10.6 Å². The topological polar surface area (TPSA) is 42.0 Å². The highest BCUT2D eigenvalue weighted by atomic mass is 32.2. The van der Waals surface area contributed by atoms with Gasteiger partial charge in [-0.2, -0.15) is 0 Å². The number of fused-ring (bicyclic) bond motifs is 1. The molecule has 0 saturated carbocycles. The maximum absolute atomic E-state index is 12.6. The number of aromatic nitrogens is 1. The van der Waals surface area contributed by atoms with Crippen LogP contribution >= 0.6 is 23.1 Å². The van der Waals surface area contributed by atoms with E-state index in [0.717, 1.165) is 34.9 Å². The second-order valence-electron chi connectivity index (χ2n) is 6.67. The van der Waals surface area contributed by atoms with E-state index in [2.05, 4.69) is 59.7 Å². The lowest BCUT2D eigenvalue weighted by molar-refractivity contribution is -0.121. The van der Waals surface area contributed by atoms with E-state index in [4.69, 9.17) is 0 Å². The monoisotopic (exact) mass is 394 g/mol. The van der Waals surface area contributed by atoms with E-state index in [-0.39, 0.29) is 11.9 Å². The van der Waals surface area contributed by atoms with Crippen molar-refractivity contribution in [2.24, 2.45) is 0 Å². The fraction of sp³-hybridized carbons (Fsp3) is 0.273. The molecule has 2 heterocycles. The van der Waals surface area contributed by atoms with Gasteiger partial charge in [0.15, 0.2) is 0 Å². The van der Waals surface area contributed by atoms with Crippen molar-refractivity contribution >= 4 is 29.0 Å². The molecule has 27 heavy (non-hydrogen) atoms. The molecule has 0 fully saturated rings. The van der Waals surface area contributed by atoms with Gasteiger partial charge in [0, 0.05) is 21.6 Å². The van der Waals surface area contributed by atoms with E-state index in [9.17, 15) is 4.79 Å². The number of benzene rings is 2. The molecule has 1 aromatic heterocycles. The predicted octanol–water partition coefficient (Wildman–Crippen LogP) is 5.27. The largest absolute Gasteiger partial charge is 0.349 e. The van der Waals surface area contributed by atoms with Gasteiger partial charge in [0.2, 0.25) is 5.91 Å². The molecular formula is C22H22N2OS2. The molecule has 3 nitrogen and oxygen atoms in total. The Morgan fingerprint density at radius 1 is 1.19 bits per heavy atom. The Bertz CT molecular complexity index is 933. The summed E-state index contributed by atoms with van der Waals surface area (Å²) in [5.74, 6) is 1.08. The molecule has 1 amide bonds. The fourth-order valence-electron chi connectivity index (χ4n) is 3.31. The Labute approximate surface area is 168 Å². The lowest BCUT2D eigenvalue weighted by Crippen LogP contribution is -2.31. The Morgan fingerprint density at radius 3 is 2.81 bits per heavy atom. The molecule has 0 saturated heterocycles. The third kappa shape index (κ3) is 4.25. The van der Waals surface area contributed by atoms with Crippen LogP contribution in [0.15, 0.2) is 58.8 Å². The fourth-order valence-corrected chi connectivity index (χ4v) is 5.26. The summed E-state index contributed by atoms with van der Waals surface area (Å²) in [6, 6.07) is 17.0. The van der Waals surface area contributed by atoms with Crippen LogP contribution in [0.25, 0.3) is 10.6 Å². The van der Waals surface area contributed by atoms with Crippen LogP contribution in [-0.4, -0.2) is 16.6 Å². The first kappa shape index (κ1) is 18.3. The number of hydrogen-bond acceptors (Lipinski definition) is 4. The lowest BCUT2D eigenvalue weighted by Gasteiger charge is -2.25. The Hall–Kier alpha value is -2.11. The summed E-state index contributed by atoms with van der Waals surface area (Å²) in [7, 11) is 0. The second-order valence-corrected chi connectivity index (χ2v) is 8.66. The molecule has 0 radical (unpaired) electrons. The molecule has 138 valence electrons. The van der Waals surface area contributed by atoms with E-state index < -0.39 is 0 Å². The minimum absolute atomic E-state index is 0.0416. The first-order valence-corrected chi connectivity index (χ1v) is 11.1. The average Bonchev–Trinajstić information content (AvgIpc) is 3.16. The van der Waals surface area contributed by atoms with Gasteiger partial charge in [0.1, 0.15) is 5.01 Å². The Kier molecular flexibility index (Phi) is 5.60. The van der Waals surface area contributed by atoms with Crippen molar-refractivity contribution in [2.75, 3.05) is 5.75 Å². The van der Waals surface area contributed by atoms with Crippen LogP contribution < -0.4 is 5.32 Å². The van der Waals surface area contributed by atoms with Crippen LogP contribution in [0, 0.1) is 0 Å². The summed E-state index contributed by atoms with van der Waals surface area (Å²) < 4.78 is 0. The van der Waals surface area contributed by atoms with Gasteiger partial charge in [-0.3, -0.25) is 4.79 Å². The predicted molar refractivity (Wildman–Crippen MR) is 113 cm³/mol. The number of amides is 1. The van der Waals surface area contributed by atoms with Crippen molar-refractivity contribution in [2.45, 2.75) is 37.1 Å². The number of carbonyl (C=O) groups is 1. The molecule has 0 spiro atoms. The number of nitrogens with one attached hydrogen (secondary N) is 1. The van der Waals surface area contributed by atoms with Gasteiger partial charge in [-0.25, -0.2) is 4.98 Å². The highest BCUT2D eigenvalue weighted by Crippen LogP contribution is 2.35. The van der Waals surface area contributed by atoms with Gasteiger partial charge in [-0.15, -0.1) is 23.1 Å². The molecule has 3 aromatic rings. The van der Waals surface area contributed by atoms with E-state index in [1.807, 2.05) is 23.2 Å². The minimum atomic E-state index is 0.0416. The van der Waals surface area contributed by atoms with Crippen LogP contribution in [-0.2, 0) is 17.6 Å². The lowest BCUT2D eigenvalue weighted by atomic mass is 10.0. The van der Waals surface area contributed by atoms with Crippen molar-refractivity contribution in [3.05, 3.63) is 70.7 Å². The molecule has 1 aliphatic heterocycles. The molecule has 1 aliphatic rings. The van der Waals surface area contributed by atoms with Crippen LogP contribution in [0.1, 0.15) is 36.2 Å². The smallest absolute Gasteiger partial charge is 0.226 e. The molecule has 1 atom stereocenters. The van der Waals surface area contributed by atoms with Crippen LogP contribution in [0.3, 0.4) is 0 Å². The normalized spacial score (nSPS) is 16.0. The number of thioether (sulfide) groups is 1. The van der Waals surface area contributed by atoms with Gasteiger partial charge in [-0.05, 0) is 30.0 Å². The summed E-state index contributed by atoms with van der Waals surface area (Å²) in [5, 5.41) is 6.17.